The Morgan fingerprint density at radius 3 is 2.32 bits per heavy atom. The average molecular weight is 518 g/mol. The maximum absolute atomic E-state index is 10.7. The summed E-state index contributed by atoms with van der Waals surface area (Å²) >= 11 is 1.58. The summed E-state index contributed by atoms with van der Waals surface area (Å²) in [5.41, 5.74) is 2.46. The number of fused-ring (bicyclic) bond motifs is 1. The van der Waals surface area contributed by atoms with Gasteiger partial charge in [-0.3, -0.25) is 4.55 Å². The fourth-order valence-electron chi connectivity index (χ4n) is 3.20. The largest absolute Gasteiger partial charge is 0.522 e. The van der Waals surface area contributed by atoms with Crippen molar-refractivity contribution in [2.24, 2.45) is 5.73 Å². The van der Waals surface area contributed by atoms with Crippen LogP contribution in [0.25, 0.3) is 10.2 Å². The van der Waals surface area contributed by atoms with E-state index in [1.165, 1.54) is 18.4 Å². The topological polar surface area (TPSA) is 106 Å². The van der Waals surface area contributed by atoms with Gasteiger partial charge in [0.15, 0.2) is 0 Å². The number of nitrogens with two attached hydrogens (primary N) is 1. The summed E-state index contributed by atoms with van der Waals surface area (Å²) in [4.78, 5) is 7.12. The number of benzene rings is 2. The summed E-state index contributed by atoms with van der Waals surface area (Å²) in [6, 6.07) is 17.3. The van der Waals surface area contributed by atoms with Gasteiger partial charge in [0.1, 0.15) is 5.75 Å². The van der Waals surface area contributed by atoms with Crippen molar-refractivity contribution in [2.45, 2.75) is 37.2 Å². The Morgan fingerprint density at radius 2 is 1.76 bits per heavy atom. The van der Waals surface area contributed by atoms with Crippen LogP contribution < -0.4 is 10.5 Å². The minimum absolute atomic E-state index is 0.695. The van der Waals surface area contributed by atoms with Gasteiger partial charge in [-0.05, 0) is 68.6 Å². The molecule has 1 fully saturated rings. The highest BCUT2D eigenvalue weighted by atomic mass is 32.2. The van der Waals surface area contributed by atoms with Crippen molar-refractivity contribution in [3.63, 3.8) is 0 Å². The number of para-hydroxylation sites is 1. The maximum Gasteiger partial charge on any atom is 0.522 e. The van der Waals surface area contributed by atoms with E-state index in [-0.39, 0.29) is 0 Å². The lowest BCUT2D eigenvalue weighted by Gasteiger charge is -2.21. The smallest absolute Gasteiger partial charge is 0.431 e. The quantitative estimate of drug-likeness (QED) is 0.309. The first kappa shape index (κ1) is 26.4. The van der Waals surface area contributed by atoms with Crippen LogP contribution in [0.2, 0.25) is 0 Å². The van der Waals surface area contributed by atoms with Gasteiger partial charge < -0.3 is 15.4 Å². The SMILES string of the molecule is NCCCN(CCc1ccc(Oc2nc3ccccc3s2)cc1)C1CC1.O=S(=O)(O)C(F)(F)F. The lowest BCUT2D eigenvalue weighted by Crippen LogP contribution is -2.30. The number of hydrogen-bond acceptors (Lipinski definition) is 7. The summed E-state index contributed by atoms with van der Waals surface area (Å²) < 4.78 is 64.6. The van der Waals surface area contributed by atoms with Crippen LogP contribution in [0.5, 0.6) is 10.9 Å². The van der Waals surface area contributed by atoms with Crippen molar-refractivity contribution in [3.8, 4) is 10.9 Å². The van der Waals surface area contributed by atoms with Crippen molar-refractivity contribution in [1.82, 2.24) is 9.88 Å². The molecule has 0 atom stereocenters. The highest BCUT2D eigenvalue weighted by Crippen LogP contribution is 2.31. The molecule has 12 heteroatoms. The number of thiazole rings is 1. The molecule has 7 nitrogen and oxygen atoms in total. The number of nitrogens with zero attached hydrogens (tertiary/aromatic N) is 2. The third kappa shape index (κ3) is 7.91. The molecule has 34 heavy (non-hydrogen) atoms. The summed E-state index contributed by atoms with van der Waals surface area (Å²) in [6.45, 7) is 3.02. The number of halogens is 3. The van der Waals surface area contributed by atoms with E-state index in [1.54, 1.807) is 11.3 Å². The number of hydrogen-bond donors (Lipinski definition) is 2. The molecule has 0 saturated heterocycles. The van der Waals surface area contributed by atoms with Gasteiger partial charge in [-0.2, -0.15) is 21.6 Å². The zero-order valence-corrected chi connectivity index (χ0v) is 19.9. The highest BCUT2D eigenvalue weighted by molar-refractivity contribution is 7.86. The highest BCUT2D eigenvalue weighted by Gasteiger charge is 2.44. The molecule has 1 aromatic heterocycles. The van der Waals surface area contributed by atoms with Gasteiger partial charge in [0, 0.05) is 12.6 Å². The molecule has 4 rings (SSSR count). The monoisotopic (exact) mass is 517 g/mol. The first-order valence-corrected chi connectivity index (χ1v) is 12.9. The Balaban J connectivity index is 0.000000350. The predicted molar refractivity (Wildman–Crippen MR) is 126 cm³/mol. The second kappa shape index (κ2) is 11.5. The molecule has 1 aliphatic carbocycles. The van der Waals surface area contributed by atoms with Gasteiger partial charge >= 0.3 is 15.6 Å². The van der Waals surface area contributed by atoms with Gasteiger partial charge in [-0.15, -0.1) is 0 Å². The molecule has 0 spiro atoms. The Morgan fingerprint density at radius 1 is 1.12 bits per heavy atom. The normalized spacial score (nSPS) is 14.2. The Kier molecular flexibility index (Phi) is 8.88. The molecule has 3 N–H and O–H groups in total. The molecule has 0 bridgehead atoms. The molecule has 0 amide bonds. The van der Waals surface area contributed by atoms with Gasteiger partial charge in [-0.1, -0.05) is 35.6 Å². The van der Waals surface area contributed by atoms with Crippen LogP contribution in [-0.4, -0.2) is 54.0 Å². The van der Waals surface area contributed by atoms with Crippen LogP contribution in [0.1, 0.15) is 24.8 Å². The molecule has 0 unspecified atom stereocenters. The number of alkyl halides is 3. The van der Waals surface area contributed by atoms with Gasteiger partial charge in [-0.25, -0.2) is 4.98 Å². The molecule has 1 saturated carbocycles. The number of aromatic nitrogens is 1. The Bertz CT molecular complexity index is 1130. The predicted octanol–water partition coefficient (Wildman–Crippen LogP) is 4.84. The molecule has 186 valence electrons. The molecule has 3 aromatic rings. The van der Waals surface area contributed by atoms with E-state index < -0.39 is 15.6 Å². The van der Waals surface area contributed by atoms with E-state index in [4.69, 9.17) is 23.4 Å². The minimum atomic E-state index is -5.84. The number of ether oxygens (including phenoxy) is 1. The van der Waals surface area contributed by atoms with Gasteiger partial charge in [0.05, 0.1) is 10.2 Å². The molecule has 1 aliphatic rings. The van der Waals surface area contributed by atoms with Crippen LogP contribution in [0, 0.1) is 0 Å². The molecule has 2 aromatic carbocycles. The lowest BCUT2D eigenvalue weighted by atomic mass is 10.1. The fraction of sp³-hybridized carbons (Fsp3) is 0.409. The summed E-state index contributed by atoms with van der Waals surface area (Å²) in [6.07, 6.45) is 4.85. The van der Waals surface area contributed by atoms with Crippen LogP contribution in [0.15, 0.2) is 48.5 Å². The average Bonchev–Trinajstić information content (AvgIpc) is 3.53. The van der Waals surface area contributed by atoms with Crippen LogP contribution in [0.4, 0.5) is 13.2 Å². The van der Waals surface area contributed by atoms with Crippen molar-refractivity contribution in [1.29, 1.82) is 0 Å². The van der Waals surface area contributed by atoms with Crippen LogP contribution in [0.3, 0.4) is 0 Å². The third-order valence-electron chi connectivity index (χ3n) is 5.10. The van der Waals surface area contributed by atoms with Gasteiger partial charge in [0.2, 0.25) is 0 Å². The van der Waals surface area contributed by atoms with Crippen molar-refractivity contribution in [3.05, 3.63) is 54.1 Å². The van der Waals surface area contributed by atoms with Crippen molar-refractivity contribution >= 4 is 31.7 Å². The first-order valence-electron chi connectivity index (χ1n) is 10.7. The number of rotatable bonds is 9. The zero-order valence-electron chi connectivity index (χ0n) is 18.2. The first-order chi connectivity index (χ1) is 16.1. The fourth-order valence-corrected chi connectivity index (χ4v) is 4.04. The maximum atomic E-state index is 10.7. The second-order valence-electron chi connectivity index (χ2n) is 7.77. The molecular formula is C22H26F3N3O4S2. The third-order valence-corrected chi connectivity index (χ3v) is 6.60. The molecule has 0 radical (unpaired) electrons. The Labute approximate surface area is 200 Å². The van der Waals surface area contributed by atoms with E-state index >= 15 is 0 Å². The van der Waals surface area contributed by atoms with E-state index in [1.807, 2.05) is 30.3 Å². The van der Waals surface area contributed by atoms with Crippen molar-refractivity contribution < 1.29 is 30.9 Å². The van der Waals surface area contributed by atoms with Crippen LogP contribution in [-0.2, 0) is 16.5 Å². The standard InChI is InChI=1S/C21H25N3OS.CHF3O3S/c22-13-3-14-24(17-8-9-17)15-12-16-6-10-18(11-7-16)25-21-23-19-4-1-2-5-20(19)26-21;2-1(3,4)8(5,6)7/h1-2,4-7,10-11,17H,3,8-9,12-15,22H2;(H,5,6,7). The molecular weight excluding hydrogens is 491 g/mol. The summed E-state index contributed by atoms with van der Waals surface area (Å²) in [5.74, 6) is 0.843. The minimum Gasteiger partial charge on any atom is -0.431 e. The van der Waals surface area contributed by atoms with Crippen LogP contribution >= 0.6 is 11.3 Å². The van der Waals surface area contributed by atoms with E-state index in [9.17, 15) is 13.2 Å². The van der Waals surface area contributed by atoms with E-state index in [2.05, 4.69) is 28.1 Å². The molecule has 1 heterocycles. The van der Waals surface area contributed by atoms with Gasteiger partial charge in [0.25, 0.3) is 5.19 Å². The summed E-state index contributed by atoms with van der Waals surface area (Å²) in [5, 5.41) is 0.695. The summed E-state index contributed by atoms with van der Waals surface area (Å²) in [7, 11) is -5.84. The lowest BCUT2D eigenvalue weighted by molar-refractivity contribution is -0.0510. The molecule has 0 aliphatic heterocycles. The second-order valence-corrected chi connectivity index (χ2v) is 10.2. The Hall–Kier alpha value is -2.25. The van der Waals surface area contributed by atoms with E-state index in [0.29, 0.717) is 5.19 Å². The van der Waals surface area contributed by atoms with Crippen molar-refractivity contribution in [2.75, 3.05) is 19.6 Å². The van der Waals surface area contributed by atoms with E-state index in [0.717, 1.165) is 54.5 Å². The zero-order chi connectivity index (χ0) is 24.8.